The molecule has 0 saturated carbocycles. The minimum atomic E-state index is 0.408. The van der Waals surface area contributed by atoms with E-state index in [9.17, 15) is 0 Å². The number of hydrogen-bond acceptors (Lipinski definition) is 2. The summed E-state index contributed by atoms with van der Waals surface area (Å²) in [7, 11) is 0. The highest BCUT2D eigenvalue weighted by Crippen LogP contribution is 2.06. The van der Waals surface area contributed by atoms with E-state index in [1.54, 1.807) is 0 Å². The Morgan fingerprint density at radius 1 is 1.64 bits per heavy atom. The normalized spacial score (nSPS) is 22.1. The summed E-state index contributed by atoms with van der Waals surface area (Å²) < 4.78 is 5.36. The minimum absolute atomic E-state index is 0.408. The van der Waals surface area contributed by atoms with Crippen molar-refractivity contribution in [1.82, 2.24) is 10.2 Å². The zero-order chi connectivity index (χ0) is 10.4. The zero-order valence-electron chi connectivity index (χ0n) is 9.08. The van der Waals surface area contributed by atoms with E-state index in [1.807, 2.05) is 0 Å². The zero-order valence-corrected chi connectivity index (χ0v) is 9.90. The average molecular weight is 216 g/mol. The topological polar surface area (TPSA) is 24.5 Å². The maximum absolute atomic E-state index is 5.36. The van der Waals surface area contributed by atoms with Gasteiger partial charge in [-0.3, -0.25) is 0 Å². The van der Waals surface area contributed by atoms with E-state index in [2.05, 4.69) is 24.1 Å². The summed E-state index contributed by atoms with van der Waals surface area (Å²) in [6.45, 7) is 7.81. The minimum Gasteiger partial charge on any atom is -0.377 e. The number of hydrogen-bond donors (Lipinski definition) is 1. The van der Waals surface area contributed by atoms with Crippen LogP contribution >= 0.6 is 12.2 Å². The second-order valence-electron chi connectivity index (χ2n) is 3.70. The average Bonchev–Trinajstić information content (AvgIpc) is 2.18. The summed E-state index contributed by atoms with van der Waals surface area (Å²) in [6, 6.07) is 0.408. The summed E-state index contributed by atoms with van der Waals surface area (Å²) in [6.07, 6.45) is 2.38. The molecular weight excluding hydrogens is 196 g/mol. The van der Waals surface area contributed by atoms with E-state index < -0.39 is 0 Å². The Labute approximate surface area is 91.8 Å². The number of ether oxygens (including phenoxy) is 1. The van der Waals surface area contributed by atoms with Gasteiger partial charge in [-0.2, -0.15) is 0 Å². The van der Waals surface area contributed by atoms with Gasteiger partial charge in [-0.25, -0.2) is 0 Å². The maximum atomic E-state index is 5.36. The molecule has 1 unspecified atom stereocenters. The van der Waals surface area contributed by atoms with E-state index in [-0.39, 0.29) is 0 Å². The van der Waals surface area contributed by atoms with Crippen LogP contribution in [0.4, 0.5) is 0 Å². The molecule has 1 N–H and O–H groups in total. The highest BCUT2D eigenvalue weighted by atomic mass is 32.1. The largest absolute Gasteiger partial charge is 0.377 e. The van der Waals surface area contributed by atoms with Gasteiger partial charge in [-0.05, 0) is 25.6 Å². The number of unbranched alkanes of at least 4 members (excludes halogenated alkanes) is 1. The molecule has 0 aromatic heterocycles. The quantitative estimate of drug-likeness (QED) is 0.569. The Morgan fingerprint density at radius 3 is 3.07 bits per heavy atom. The smallest absolute Gasteiger partial charge is 0.169 e. The van der Waals surface area contributed by atoms with Gasteiger partial charge in [-0.1, -0.05) is 13.3 Å². The highest BCUT2D eigenvalue weighted by molar-refractivity contribution is 7.80. The molecule has 0 spiro atoms. The Morgan fingerprint density at radius 2 is 2.43 bits per heavy atom. The molecular formula is C10H20N2OS. The Kier molecular flexibility index (Phi) is 5.19. The van der Waals surface area contributed by atoms with Gasteiger partial charge in [0.2, 0.25) is 0 Å². The second kappa shape index (κ2) is 6.19. The number of nitrogens with one attached hydrogen (secondary N) is 1. The number of morpholine rings is 1. The molecule has 0 amide bonds. The van der Waals surface area contributed by atoms with Crippen LogP contribution in [0.5, 0.6) is 0 Å². The lowest BCUT2D eigenvalue weighted by molar-refractivity contribution is 0.0329. The fourth-order valence-corrected chi connectivity index (χ4v) is 1.88. The molecule has 1 heterocycles. The first-order valence-electron chi connectivity index (χ1n) is 5.38. The van der Waals surface area contributed by atoms with E-state index in [0.29, 0.717) is 6.04 Å². The summed E-state index contributed by atoms with van der Waals surface area (Å²) in [5, 5.41) is 4.17. The van der Waals surface area contributed by atoms with Gasteiger partial charge in [0.25, 0.3) is 0 Å². The summed E-state index contributed by atoms with van der Waals surface area (Å²) in [5.41, 5.74) is 0. The van der Waals surface area contributed by atoms with Gasteiger partial charge in [0.1, 0.15) is 0 Å². The number of nitrogens with zero attached hydrogens (tertiary/aromatic N) is 1. The standard InChI is InChI=1S/C10H20N2OS/c1-3-4-5-11-10(14)12-6-7-13-8-9(12)2/h9H,3-8H2,1-2H3,(H,11,14). The lowest BCUT2D eigenvalue weighted by atomic mass is 10.3. The van der Waals surface area contributed by atoms with Gasteiger partial charge < -0.3 is 15.0 Å². The monoisotopic (exact) mass is 216 g/mol. The third-order valence-electron chi connectivity index (χ3n) is 2.44. The Bertz CT molecular complexity index is 187. The molecule has 1 saturated heterocycles. The van der Waals surface area contributed by atoms with Crippen LogP contribution in [-0.2, 0) is 4.74 Å². The number of rotatable bonds is 3. The Balaban J connectivity index is 2.27. The fraction of sp³-hybridized carbons (Fsp3) is 0.900. The van der Waals surface area contributed by atoms with Crippen LogP contribution in [0, 0.1) is 0 Å². The van der Waals surface area contributed by atoms with Crippen molar-refractivity contribution in [2.45, 2.75) is 32.7 Å². The fourth-order valence-electron chi connectivity index (χ4n) is 1.50. The molecule has 14 heavy (non-hydrogen) atoms. The molecule has 3 nitrogen and oxygen atoms in total. The maximum Gasteiger partial charge on any atom is 0.169 e. The molecule has 82 valence electrons. The molecule has 1 fully saturated rings. The van der Waals surface area contributed by atoms with E-state index in [1.165, 1.54) is 12.8 Å². The van der Waals surface area contributed by atoms with Gasteiger partial charge >= 0.3 is 0 Å². The molecule has 0 aliphatic carbocycles. The lowest BCUT2D eigenvalue weighted by Gasteiger charge is -2.35. The predicted molar refractivity (Wildman–Crippen MR) is 62.5 cm³/mol. The first-order chi connectivity index (χ1) is 6.75. The first kappa shape index (κ1) is 11.7. The van der Waals surface area contributed by atoms with Crippen molar-refractivity contribution in [3.05, 3.63) is 0 Å². The van der Waals surface area contributed by atoms with E-state index >= 15 is 0 Å². The van der Waals surface area contributed by atoms with Gasteiger partial charge in [0.15, 0.2) is 5.11 Å². The van der Waals surface area contributed by atoms with Crippen LogP contribution in [-0.4, -0.2) is 42.4 Å². The highest BCUT2D eigenvalue weighted by Gasteiger charge is 2.20. The molecule has 1 aliphatic heterocycles. The summed E-state index contributed by atoms with van der Waals surface area (Å²) in [5.74, 6) is 0. The molecule has 0 aromatic carbocycles. The van der Waals surface area contributed by atoms with Crippen LogP contribution in [0.1, 0.15) is 26.7 Å². The number of thiocarbonyl (C=S) groups is 1. The van der Waals surface area contributed by atoms with Crippen molar-refractivity contribution >= 4 is 17.3 Å². The van der Waals surface area contributed by atoms with Crippen LogP contribution < -0.4 is 5.32 Å². The van der Waals surface area contributed by atoms with Crippen molar-refractivity contribution in [2.75, 3.05) is 26.3 Å². The van der Waals surface area contributed by atoms with Crippen LogP contribution in [0.25, 0.3) is 0 Å². The van der Waals surface area contributed by atoms with Crippen LogP contribution in [0.2, 0.25) is 0 Å². The van der Waals surface area contributed by atoms with Gasteiger partial charge in [0.05, 0.1) is 19.3 Å². The molecule has 1 rings (SSSR count). The van der Waals surface area contributed by atoms with Crippen LogP contribution in [0.15, 0.2) is 0 Å². The SMILES string of the molecule is CCCCNC(=S)N1CCOCC1C. The van der Waals surface area contributed by atoms with Crippen molar-refractivity contribution < 1.29 is 4.74 Å². The Hall–Kier alpha value is -0.350. The van der Waals surface area contributed by atoms with Crippen molar-refractivity contribution in [1.29, 1.82) is 0 Å². The lowest BCUT2D eigenvalue weighted by Crippen LogP contribution is -2.51. The van der Waals surface area contributed by atoms with Crippen LogP contribution in [0.3, 0.4) is 0 Å². The third kappa shape index (κ3) is 3.42. The van der Waals surface area contributed by atoms with Crippen molar-refractivity contribution in [3.8, 4) is 0 Å². The molecule has 1 atom stereocenters. The summed E-state index contributed by atoms with van der Waals surface area (Å²) in [4.78, 5) is 2.22. The molecule has 0 bridgehead atoms. The molecule has 4 heteroatoms. The van der Waals surface area contributed by atoms with E-state index in [4.69, 9.17) is 17.0 Å². The van der Waals surface area contributed by atoms with Crippen molar-refractivity contribution in [3.63, 3.8) is 0 Å². The summed E-state index contributed by atoms with van der Waals surface area (Å²) >= 11 is 5.32. The molecule has 0 radical (unpaired) electrons. The third-order valence-corrected chi connectivity index (χ3v) is 2.81. The first-order valence-corrected chi connectivity index (χ1v) is 5.78. The predicted octanol–water partition coefficient (Wildman–Crippen LogP) is 1.38. The van der Waals surface area contributed by atoms with Gasteiger partial charge in [0, 0.05) is 13.1 Å². The van der Waals surface area contributed by atoms with Crippen molar-refractivity contribution in [2.24, 2.45) is 0 Å². The second-order valence-corrected chi connectivity index (χ2v) is 4.09. The molecule has 1 aliphatic rings. The van der Waals surface area contributed by atoms with E-state index in [0.717, 1.165) is 31.4 Å². The molecule has 0 aromatic rings. The van der Waals surface area contributed by atoms with Gasteiger partial charge in [-0.15, -0.1) is 0 Å².